The molecule has 1 amide bonds. The molecule has 154 valence electrons. The quantitative estimate of drug-likeness (QED) is 0.571. The van der Waals surface area contributed by atoms with Gasteiger partial charge in [-0.15, -0.1) is 0 Å². The van der Waals surface area contributed by atoms with Crippen molar-refractivity contribution in [3.63, 3.8) is 0 Å². The first-order chi connectivity index (χ1) is 13.9. The highest BCUT2D eigenvalue weighted by molar-refractivity contribution is 7.91. The number of hydrogen-bond acceptors (Lipinski definition) is 6. The molecule has 0 radical (unpaired) electrons. The second-order valence-electron chi connectivity index (χ2n) is 6.21. The summed E-state index contributed by atoms with van der Waals surface area (Å²) < 4.78 is 37.2. The van der Waals surface area contributed by atoms with Crippen LogP contribution in [0.15, 0.2) is 52.4 Å². The van der Waals surface area contributed by atoms with E-state index in [9.17, 15) is 13.2 Å². The van der Waals surface area contributed by atoms with Gasteiger partial charge in [-0.1, -0.05) is 18.3 Å². The van der Waals surface area contributed by atoms with E-state index in [2.05, 4.69) is 4.99 Å². The Balaban J connectivity index is 2.03. The first kappa shape index (κ1) is 21.2. The van der Waals surface area contributed by atoms with Crippen LogP contribution in [0.5, 0.6) is 5.75 Å². The van der Waals surface area contributed by atoms with Crippen LogP contribution in [-0.4, -0.2) is 45.5 Å². The Kier molecular flexibility index (Phi) is 6.51. The van der Waals surface area contributed by atoms with Gasteiger partial charge in [0.15, 0.2) is 14.6 Å². The summed E-state index contributed by atoms with van der Waals surface area (Å²) in [6.07, 6.45) is 0. The van der Waals surface area contributed by atoms with Gasteiger partial charge in [-0.3, -0.25) is 4.79 Å². The minimum atomic E-state index is -3.31. The van der Waals surface area contributed by atoms with E-state index in [-0.39, 0.29) is 10.6 Å². The standard InChI is InChI=1S/C20H22N2O5S2/c1-4-29(24,25)16-8-5-14(6-9-16)19(23)21-20-22(11-12-26-2)17-10-7-15(27-3)13-18(17)28-20/h5-10,13H,4,11-12H2,1-3H3. The first-order valence-electron chi connectivity index (χ1n) is 8.97. The number of sulfone groups is 1. The molecule has 1 aromatic heterocycles. The van der Waals surface area contributed by atoms with Crippen molar-refractivity contribution in [1.82, 2.24) is 4.57 Å². The molecule has 0 spiro atoms. The fourth-order valence-electron chi connectivity index (χ4n) is 2.79. The number of methoxy groups -OCH3 is 2. The van der Waals surface area contributed by atoms with Gasteiger partial charge < -0.3 is 14.0 Å². The third-order valence-electron chi connectivity index (χ3n) is 4.45. The SMILES string of the molecule is CCS(=O)(=O)c1ccc(C(=O)N=c2sc3cc(OC)ccc3n2CCOC)cc1. The topological polar surface area (TPSA) is 87.0 Å². The molecule has 0 aliphatic rings. The summed E-state index contributed by atoms with van der Waals surface area (Å²) in [5, 5.41) is 0. The van der Waals surface area contributed by atoms with Gasteiger partial charge in [0.25, 0.3) is 5.91 Å². The van der Waals surface area contributed by atoms with Crippen LogP contribution in [0.25, 0.3) is 10.2 Å². The van der Waals surface area contributed by atoms with Crippen LogP contribution >= 0.6 is 11.3 Å². The summed E-state index contributed by atoms with van der Waals surface area (Å²) in [5.74, 6) is 0.300. The van der Waals surface area contributed by atoms with E-state index >= 15 is 0 Å². The van der Waals surface area contributed by atoms with Crippen LogP contribution in [0.4, 0.5) is 0 Å². The lowest BCUT2D eigenvalue weighted by Crippen LogP contribution is -2.19. The number of benzene rings is 2. The molecule has 0 saturated heterocycles. The zero-order chi connectivity index (χ0) is 21.0. The second kappa shape index (κ2) is 8.89. The van der Waals surface area contributed by atoms with Crippen molar-refractivity contribution >= 4 is 37.3 Å². The summed E-state index contributed by atoms with van der Waals surface area (Å²) in [5.41, 5.74) is 1.26. The number of nitrogens with zero attached hydrogens (tertiary/aromatic N) is 2. The highest BCUT2D eigenvalue weighted by Crippen LogP contribution is 2.23. The van der Waals surface area contributed by atoms with Crippen molar-refractivity contribution in [3.8, 4) is 5.75 Å². The number of carbonyl (C=O) groups is 1. The molecule has 7 nitrogen and oxygen atoms in total. The summed E-state index contributed by atoms with van der Waals surface area (Å²) in [7, 11) is -0.0910. The number of amides is 1. The highest BCUT2D eigenvalue weighted by Gasteiger charge is 2.14. The maximum atomic E-state index is 12.7. The Morgan fingerprint density at radius 2 is 1.86 bits per heavy atom. The van der Waals surface area contributed by atoms with Gasteiger partial charge >= 0.3 is 0 Å². The lowest BCUT2D eigenvalue weighted by Gasteiger charge is -2.05. The van der Waals surface area contributed by atoms with Crippen molar-refractivity contribution in [3.05, 3.63) is 52.8 Å². The average molecular weight is 435 g/mol. The van der Waals surface area contributed by atoms with Crippen LogP contribution in [0.1, 0.15) is 17.3 Å². The zero-order valence-electron chi connectivity index (χ0n) is 16.4. The number of carbonyl (C=O) groups excluding carboxylic acids is 1. The predicted molar refractivity (Wildman–Crippen MR) is 112 cm³/mol. The molecular formula is C20H22N2O5S2. The number of thiazole rings is 1. The third-order valence-corrected chi connectivity index (χ3v) is 7.24. The van der Waals surface area contributed by atoms with E-state index in [0.717, 1.165) is 16.0 Å². The van der Waals surface area contributed by atoms with Crippen LogP contribution in [0, 0.1) is 0 Å². The van der Waals surface area contributed by atoms with E-state index in [1.165, 1.54) is 35.6 Å². The maximum Gasteiger partial charge on any atom is 0.279 e. The highest BCUT2D eigenvalue weighted by atomic mass is 32.2. The number of rotatable bonds is 7. The lowest BCUT2D eigenvalue weighted by molar-refractivity contribution is 0.0997. The molecular weight excluding hydrogens is 412 g/mol. The fourth-order valence-corrected chi connectivity index (χ4v) is 4.75. The summed E-state index contributed by atoms with van der Waals surface area (Å²) in [4.78, 5) is 17.7. The van der Waals surface area contributed by atoms with Gasteiger partial charge in [0.05, 0.1) is 34.6 Å². The number of hydrogen-bond donors (Lipinski definition) is 0. The molecule has 0 fully saturated rings. The van der Waals surface area contributed by atoms with E-state index in [4.69, 9.17) is 9.47 Å². The van der Waals surface area contributed by atoms with Gasteiger partial charge in [0.1, 0.15) is 5.75 Å². The molecule has 0 bridgehead atoms. The van der Waals surface area contributed by atoms with Crippen LogP contribution in [0.3, 0.4) is 0 Å². The minimum Gasteiger partial charge on any atom is -0.497 e. The molecule has 3 aromatic rings. The lowest BCUT2D eigenvalue weighted by atomic mass is 10.2. The molecule has 0 unspecified atom stereocenters. The minimum absolute atomic E-state index is 0.00934. The molecule has 3 rings (SSSR count). The van der Waals surface area contributed by atoms with Gasteiger partial charge in [-0.05, 0) is 42.5 Å². The van der Waals surface area contributed by atoms with Crippen molar-refractivity contribution in [2.24, 2.45) is 4.99 Å². The van der Waals surface area contributed by atoms with E-state index < -0.39 is 15.7 Å². The smallest absolute Gasteiger partial charge is 0.279 e. The van der Waals surface area contributed by atoms with Gasteiger partial charge in [0, 0.05) is 19.2 Å². The Morgan fingerprint density at radius 1 is 1.14 bits per heavy atom. The third kappa shape index (κ3) is 4.58. The molecule has 0 saturated carbocycles. The largest absolute Gasteiger partial charge is 0.497 e. The van der Waals surface area contributed by atoms with Crippen molar-refractivity contribution in [2.45, 2.75) is 18.4 Å². The molecule has 0 N–H and O–H groups in total. The molecule has 9 heteroatoms. The normalized spacial score (nSPS) is 12.4. The van der Waals surface area contributed by atoms with E-state index in [0.29, 0.717) is 23.5 Å². The van der Waals surface area contributed by atoms with Crippen LogP contribution in [0.2, 0.25) is 0 Å². The van der Waals surface area contributed by atoms with Crippen LogP contribution < -0.4 is 9.54 Å². The Bertz CT molecular complexity index is 1190. The summed E-state index contributed by atoms with van der Waals surface area (Å²) in [6.45, 7) is 2.60. The molecule has 29 heavy (non-hydrogen) atoms. The second-order valence-corrected chi connectivity index (χ2v) is 9.49. The van der Waals surface area contributed by atoms with Crippen molar-refractivity contribution < 1.29 is 22.7 Å². The van der Waals surface area contributed by atoms with E-state index in [1.54, 1.807) is 21.1 Å². The maximum absolute atomic E-state index is 12.7. The number of ether oxygens (including phenoxy) is 2. The number of fused-ring (bicyclic) bond motifs is 1. The fraction of sp³-hybridized carbons (Fsp3) is 0.300. The monoisotopic (exact) mass is 434 g/mol. The molecule has 1 heterocycles. The molecule has 0 atom stereocenters. The Labute approximate surface area is 173 Å². The average Bonchev–Trinajstić information content (AvgIpc) is 3.08. The zero-order valence-corrected chi connectivity index (χ0v) is 18.0. The molecule has 0 aliphatic heterocycles. The number of aromatic nitrogens is 1. The van der Waals surface area contributed by atoms with Gasteiger partial charge in [-0.2, -0.15) is 4.99 Å². The predicted octanol–water partition coefficient (Wildman–Crippen LogP) is 2.89. The Hall–Kier alpha value is -2.49. The molecule has 2 aromatic carbocycles. The first-order valence-corrected chi connectivity index (χ1v) is 11.4. The van der Waals surface area contributed by atoms with Gasteiger partial charge in [-0.25, -0.2) is 8.42 Å². The summed E-state index contributed by atoms with van der Waals surface area (Å²) in [6, 6.07) is 11.5. The van der Waals surface area contributed by atoms with Crippen molar-refractivity contribution in [2.75, 3.05) is 26.6 Å². The summed E-state index contributed by atoms with van der Waals surface area (Å²) >= 11 is 1.38. The molecule has 0 aliphatic carbocycles. The van der Waals surface area contributed by atoms with E-state index in [1.807, 2.05) is 22.8 Å². The van der Waals surface area contributed by atoms with Crippen LogP contribution in [-0.2, 0) is 21.1 Å². The van der Waals surface area contributed by atoms with Gasteiger partial charge in [0.2, 0.25) is 0 Å². The Morgan fingerprint density at radius 3 is 2.48 bits per heavy atom. The van der Waals surface area contributed by atoms with Crippen molar-refractivity contribution in [1.29, 1.82) is 0 Å².